The number of benzene rings is 1. The van der Waals surface area contributed by atoms with Crippen molar-refractivity contribution in [2.45, 2.75) is 29.3 Å². The Hall–Kier alpha value is -1.21. The van der Waals surface area contributed by atoms with E-state index >= 15 is 0 Å². The van der Waals surface area contributed by atoms with E-state index in [2.05, 4.69) is 0 Å². The lowest BCUT2D eigenvalue weighted by Gasteiger charge is -2.10. The number of carboxylic acid groups (broad SMARTS) is 1. The fourth-order valence-corrected chi connectivity index (χ4v) is 1.97. The van der Waals surface area contributed by atoms with Gasteiger partial charge in [0.05, 0.1) is 6.42 Å². The fourth-order valence-electron chi connectivity index (χ4n) is 1.43. The summed E-state index contributed by atoms with van der Waals surface area (Å²) in [6.45, 7) is 0. The largest absolute Gasteiger partial charge is 0.481 e. The van der Waals surface area contributed by atoms with Gasteiger partial charge in [0.15, 0.2) is 0 Å². The minimum Gasteiger partial charge on any atom is -0.481 e. The number of rotatable bonds is 5. The van der Waals surface area contributed by atoms with Crippen LogP contribution in [-0.4, -0.2) is 22.6 Å². The van der Waals surface area contributed by atoms with Gasteiger partial charge in [0.1, 0.15) is 0 Å². The summed E-state index contributed by atoms with van der Waals surface area (Å²) in [4.78, 5) is 10.5. The summed E-state index contributed by atoms with van der Waals surface area (Å²) < 4.78 is 36.2. The van der Waals surface area contributed by atoms with Crippen LogP contribution in [0, 0.1) is 0 Å². The molecule has 3 N–H and O–H groups in total. The van der Waals surface area contributed by atoms with Gasteiger partial charge in [-0.15, -0.1) is 0 Å². The first-order valence-electron chi connectivity index (χ1n) is 5.08. The van der Waals surface area contributed by atoms with E-state index in [-0.39, 0.29) is 23.1 Å². The average molecular weight is 279 g/mol. The Morgan fingerprint density at radius 2 is 1.89 bits per heavy atom. The molecule has 100 valence electrons. The van der Waals surface area contributed by atoms with Crippen LogP contribution in [-0.2, 0) is 11.2 Å². The van der Waals surface area contributed by atoms with E-state index in [1.165, 1.54) is 24.3 Å². The summed E-state index contributed by atoms with van der Waals surface area (Å²) in [6.07, 6.45) is 0.155. The Morgan fingerprint density at radius 3 is 2.33 bits per heavy atom. The van der Waals surface area contributed by atoms with Gasteiger partial charge < -0.3 is 10.8 Å². The normalized spacial score (nSPS) is 13.3. The molecule has 0 radical (unpaired) electrons. The van der Waals surface area contributed by atoms with Crippen molar-refractivity contribution in [3.05, 3.63) is 29.8 Å². The third-order valence-corrected chi connectivity index (χ3v) is 2.83. The fraction of sp³-hybridized carbons (Fsp3) is 0.364. The number of nitrogens with two attached hydrogens (primary N) is 1. The minimum absolute atomic E-state index is 0.0954. The van der Waals surface area contributed by atoms with Crippen molar-refractivity contribution >= 4 is 17.7 Å². The molecule has 0 saturated heterocycles. The van der Waals surface area contributed by atoms with E-state index in [0.717, 1.165) is 5.56 Å². The number of alkyl halides is 3. The second-order valence-electron chi connectivity index (χ2n) is 3.75. The molecule has 0 aliphatic rings. The zero-order valence-corrected chi connectivity index (χ0v) is 10.1. The smallest absolute Gasteiger partial charge is 0.446 e. The Kier molecular flexibility index (Phi) is 5.03. The zero-order chi connectivity index (χ0) is 13.8. The maximum Gasteiger partial charge on any atom is 0.446 e. The third-order valence-electron chi connectivity index (χ3n) is 2.09. The Balaban J connectivity index is 2.57. The summed E-state index contributed by atoms with van der Waals surface area (Å²) in [5, 5.41) is 8.53. The van der Waals surface area contributed by atoms with Gasteiger partial charge in [-0.25, -0.2) is 0 Å². The van der Waals surface area contributed by atoms with E-state index < -0.39 is 17.5 Å². The standard InChI is InChI=1S/C11H12F3NO2S/c12-11(13,14)18-9-3-1-7(2-4-9)5-8(15)6-10(16)17/h1-4,8H,5-6,15H2,(H,16,17). The van der Waals surface area contributed by atoms with Gasteiger partial charge >= 0.3 is 11.5 Å². The second kappa shape index (κ2) is 6.10. The first-order valence-corrected chi connectivity index (χ1v) is 5.90. The number of hydrogen-bond acceptors (Lipinski definition) is 3. The molecule has 0 aromatic heterocycles. The quantitative estimate of drug-likeness (QED) is 0.813. The minimum atomic E-state index is -4.30. The second-order valence-corrected chi connectivity index (χ2v) is 4.89. The molecule has 3 nitrogen and oxygen atoms in total. The van der Waals surface area contributed by atoms with Crippen molar-refractivity contribution in [1.29, 1.82) is 0 Å². The molecule has 18 heavy (non-hydrogen) atoms. The van der Waals surface area contributed by atoms with Gasteiger partial charge in [-0.05, 0) is 35.9 Å². The molecular weight excluding hydrogens is 267 g/mol. The predicted octanol–water partition coefficient (Wildman–Crippen LogP) is 2.64. The molecule has 1 rings (SSSR count). The van der Waals surface area contributed by atoms with Crippen molar-refractivity contribution in [1.82, 2.24) is 0 Å². The Morgan fingerprint density at radius 1 is 1.33 bits per heavy atom. The topological polar surface area (TPSA) is 63.3 Å². The summed E-state index contributed by atoms with van der Waals surface area (Å²) in [6, 6.07) is 5.21. The highest BCUT2D eigenvalue weighted by molar-refractivity contribution is 8.00. The molecule has 0 aliphatic heterocycles. The molecule has 0 aliphatic carbocycles. The van der Waals surface area contributed by atoms with Crippen LogP contribution >= 0.6 is 11.8 Å². The SMILES string of the molecule is NC(CC(=O)O)Cc1ccc(SC(F)(F)F)cc1. The number of halogens is 3. The van der Waals surface area contributed by atoms with Gasteiger partial charge in [-0.2, -0.15) is 13.2 Å². The first-order chi connectivity index (χ1) is 8.26. The van der Waals surface area contributed by atoms with Crippen molar-refractivity contribution < 1.29 is 23.1 Å². The van der Waals surface area contributed by atoms with Gasteiger partial charge in [0, 0.05) is 10.9 Å². The van der Waals surface area contributed by atoms with Crippen molar-refractivity contribution in [2.75, 3.05) is 0 Å². The van der Waals surface area contributed by atoms with Crippen LogP contribution in [0.4, 0.5) is 13.2 Å². The molecule has 0 heterocycles. The molecule has 1 unspecified atom stereocenters. The van der Waals surface area contributed by atoms with Gasteiger partial charge in [0.25, 0.3) is 0 Å². The van der Waals surface area contributed by atoms with Crippen LogP contribution in [0.1, 0.15) is 12.0 Å². The third kappa shape index (κ3) is 5.92. The number of aliphatic carboxylic acids is 1. The van der Waals surface area contributed by atoms with E-state index in [9.17, 15) is 18.0 Å². The Bertz CT molecular complexity index is 406. The average Bonchev–Trinajstić information content (AvgIpc) is 2.17. The number of carboxylic acids is 1. The van der Waals surface area contributed by atoms with Crippen molar-refractivity contribution in [2.24, 2.45) is 5.73 Å². The molecule has 0 fully saturated rings. The van der Waals surface area contributed by atoms with E-state index in [0.29, 0.717) is 6.42 Å². The molecule has 0 amide bonds. The maximum atomic E-state index is 12.1. The summed E-state index contributed by atoms with van der Waals surface area (Å²) in [5.41, 5.74) is 1.99. The number of carbonyl (C=O) groups is 1. The first kappa shape index (κ1) is 14.8. The monoisotopic (exact) mass is 279 g/mol. The molecule has 0 bridgehead atoms. The summed E-state index contributed by atoms with van der Waals surface area (Å²) in [5.74, 6) is -0.994. The van der Waals surface area contributed by atoms with Crippen LogP contribution in [0.5, 0.6) is 0 Å². The van der Waals surface area contributed by atoms with Crippen LogP contribution in [0.25, 0.3) is 0 Å². The predicted molar refractivity (Wildman–Crippen MR) is 62.3 cm³/mol. The maximum absolute atomic E-state index is 12.1. The van der Waals surface area contributed by atoms with Crippen LogP contribution in [0.15, 0.2) is 29.2 Å². The van der Waals surface area contributed by atoms with Crippen LogP contribution in [0.2, 0.25) is 0 Å². The van der Waals surface area contributed by atoms with E-state index in [1.807, 2.05) is 0 Å². The molecule has 0 saturated carbocycles. The lowest BCUT2D eigenvalue weighted by atomic mass is 10.0. The molecule has 1 aromatic carbocycles. The molecular formula is C11H12F3NO2S. The summed E-state index contributed by atoms with van der Waals surface area (Å²) >= 11 is -0.186. The number of hydrogen-bond donors (Lipinski definition) is 2. The zero-order valence-electron chi connectivity index (χ0n) is 9.28. The molecule has 1 atom stereocenters. The number of thioether (sulfide) groups is 1. The molecule has 1 aromatic rings. The Labute approximate surface area is 106 Å². The van der Waals surface area contributed by atoms with Gasteiger partial charge in [0.2, 0.25) is 0 Å². The van der Waals surface area contributed by atoms with E-state index in [4.69, 9.17) is 10.8 Å². The lowest BCUT2D eigenvalue weighted by Crippen LogP contribution is -2.26. The molecule has 7 heteroatoms. The van der Waals surface area contributed by atoms with Crippen molar-refractivity contribution in [3.8, 4) is 0 Å². The van der Waals surface area contributed by atoms with Gasteiger partial charge in [-0.1, -0.05) is 12.1 Å². The highest BCUT2D eigenvalue weighted by Crippen LogP contribution is 2.36. The highest BCUT2D eigenvalue weighted by Gasteiger charge is 2.28. The van der Waals surface area contributed by atoms with Crippen molar-refractivity contribution in [3.63, 3.8) is 0 Å². The lowest BCUT2D eigenvalue weighted by molar-refractivity contribution is -0.137. The summed E-state index contributed by atoms with van der Waals surface area (Å²) in [7, 11) is 0. The van der Waals surface area contributed by atoms with Crippen LogP contribution < -0.4 is 5.73 Å². The molecule has 0 spiro atoms. The van der Waals surface area contributed by atoms with Gasteiger partial charge in [-0.3, -0.25) is 4.79 Å². The van der Waals surface area contributed by atoms with E-state index in [1.54, 1.807) is 0 Å². The van der Waals surface area contributed by atoms with Crippen LogP contribution in [0.3, 0.4) is 0 Å². The highest BCUT2D eigenvalue weighted by atomic mass is 32.2.